The van der Waals surface area contributed by atoms with E-state index in [1.807, 2.05) is 30.7 Å². The lowest BCUT2D eigenvalue weighted by atomic mass is 10.0. The first-order valence-corrected chi connectivity index (χ1v) is 12.7. The van der Waals surface area contributed by atoms with E-state index in [2.05, 4.69) is 11.9 Å². The maximum Gasteiger partial charge on any atom is 0.279 e. The molecule has 1 aliphatic rings. The van der Waals surface area contributed by atoms with E-state index in [1.165, 1.54) is 39.9 Å². The van der Waals surface area contributed by atoms with Gasteiger partial charge in [-0.2, -0.15) is 9.30 Å². The van der Waals surface area contributed by atoms with Crippen LogP contribution in [0.25, 0.3) is 10.2 Å². The maximum atomic E-state index is 12.9. The van der Waals surface area contributed by atoms with Crippen LogP contribution in [0.1, 0.15) is 35.7 Å². The first-order valence-electron chi connectivity index (χ1n) is 10.1. The Morgan fingerprint density at radius 3 is 2.45 bits per heavy atom. The number of sulfonamides is 1. The van der Waals surface area contributed by atoms with Gasteiger partial charge in [0.1, 0.15) is 0 Å². The minimum absolute atomic E-state index is 0.205. The molecule has 6 nitrogen and oxygen atoms in total. The second kappa shape index (κ2) is 8.50. The zero-order chi connectivity index (χ0) is 22.3. The Kier molecular flexibility index (Phi) is 6.09. The highest BCUT2D eigenvalue weighted by molar-refractivity contribution is 7.89. The van der Waals surface area contributed by atoms with Crippen LogP contribution < -0.4 is 4.80 Å². The summed E-state index contributed by atoms with van der Waals surface area (Å²) in [6, 6.07) is 9.78. The molecule has 2 heterocycles. The standard InChI is InChI=1S/C22H24ClN3O3S2/c1-14-8-10-26(11-9-14)31(28,29)18-6-4-16(5-7-18)21(27)24-22-25(3)20-15(2)12-17(23)13-19(20)30-22/h4-7,12-14H,8-11H2,1-3H3. The third-order valence-electron chi connectivity index (χ3n) is 5.73. The van der Waals surface area contributed by atoms with Crippen LogP contribution in [0.5, 0.6) is 0 Å². The Labute approximate surface area is 190 Å². The van der Waals surface area contributed by atoms with Gasteiger partial charge in [-0.15, -0.1) is 0 Å². The van der Waals surface area contributed by atoms with E-state index in [-0.39, 0.29) is 4.90 Å². The average molecular weight is 478 g/mol. The first kappa shape index (κ1) is 22.2. The molecule has 4 rings (SSSR count). The molecule has 0 spiro atoms. The van der Waals surface area contributed by atoms with Gasteiger partial charge >= 0.3 is 0 Å². The number of benzene rings is 2. The molecule has 1 saturated heterocycles. The minimum Gasteiger partial charge on any atom is -0.319 e. The van der Waals surface area contributed by atoms with Crippen molar-refractivity contribution in [1.29, 1.82) is 0 Å². The van der Waals surface area contributed by atoms with Crippen molar-refractivity contribution in [2.45, 2.75) is 31.6 Å². The fourth-order valence-corrected chi connectivity index (χ4v) is 6.81. The number of carbonyl (C=O) groups is 1. The van der Waals surface area contributed by atoms with Gasteiger partial charge in [-0.25, -0.2) is 8.42 Å². The number of hydrogen-bond donors (Lipinski definition) is 0. The molecule has 9 heteroatoms. The predicted octanol–water partition coefficient (Wildman–Crippen LogP) is 4.36. The van der Waals surface area contributed by atoms with Crippen LogP contribution in [0.2, 0.25) is 5.02 Å². The number of fused-ring (bicyclic) bond motifs is 1. The Morgan fingerprint density at radius 2 is 1.81 bits per heavy atom. The molecule has 1 fully saturated rings. The molecule has 0 saturated carbocycles. The van der Waals surface area contributed by atoms with E-state index in [4.69, 9.17) is 11.6 Å². The molecule has 1 aromatic heterocycles. The highest BCUT2D eigenvalue weighted by Gasteiger charge is 2.28. The lowest BCUT2D eigenvalue weighted by Gasteiger charge is -2.29. The van der Waals surface area contributed by atoms with E-state index >= 15 is 0 Å². The Bertz CT molecular complexity index is 1320. The molecule has 31 heavy (non-hydrogen) atoms. The highest BCUT2D eigenvalue weighted by Crippen LogP contribution is 2.26. The van der Waals surface area contributed by atoms with Crippen molar-refractivity contribution in [3.8, 4) is 0 Å². The summed E-state index contributed by atoms with van der Waals surface area (Å²) >= 11 is 7.54. The molecular weight excluding hydrogens is 454 g/mol. The summed E-state index contributed by atoms with van der Waals surface area (Å²) in [6.07, 6.45) is 1.73. The second-order valence-electron chi connectivity index (χ2n) is 8.04. The molecule has 1 amide bonds. The normalized spacial score (nSPS) is 16.8. The van der Waals surface area contributed by atoms with Crippen LogP contribution in [0.4, 0.5) is 0 Å². The number of rotatable bonds is 3. The number of carbonyl (C=O) groups excluding carboxylic acids is 1. The number of aromatic nitrogens is 1. The quantitative estimate of drug-likeness (QED) is 0.562. The zero-order valence-corrected chi connectivity index (χ0v) is 20.0. The van der Waals surface area contributed by atoms with E-state index in [9.17, 15) is 13.2 Å². The van der Waals surface area contributed by atoms with Crippen LogP contribution in [0.3, 0.4) is 0 Å². The zero-order valence-electron chi connectivity index (χ0n) is 17.6. The van der Waals surface area contributed by atoms with Gasteiger partial charge in [-0.3, -0.25) is 4.79 Å². The number of halogens is 1. The van der Waals surface area contributed by atoms with Gasteiger partial charge in [-0.1, -0.05) is 29.9 Å². The second-order valence-corrected chi connectivity index (χ2v) is 11.4. The number of amides is 1. The summed E-state index contributed by atoms with van der Waals surface area (Å²) in [5.74, 6) is 0.129. The van der Waals surface area contributed by atoms with Crippen molar-refractivity contribution in [3.63, 3.8) is 0 Å². The summed E-state index contributed by atoms with van der Waals surface area (Å²) in [6.45, 7) is 5.17. The summed E-state index contributed by atoms with van der Waals surface area (Å²) in [7, 11) is -1.68. The molecule has 2 aromatic carbocycles. The predicted molar refractivity (Wildman–Crippen MR) is 124 cm³/mol. The van der Waals surface area contributed by atoms with Crippen molar-refractivity contribution in [2.75, 3.05) is 13.1 Å². The van der Waals surface area contributed by atoms with Crippen LogP contribution in [0, 0.1) is 12.8 Å². The number of thiazole rings is 1. The van der Waals surface area contributed by atoms with Crippen molar-refractivity contribution in [2.24, 2.45) is 18.0 Å². The molecule has 1 aliphatic heterocycles. The van der Waals surface area contributed by atoms with Gasteiger partial charge in [0.15, 0.2) is 4.80 Å². The molecule has 0 bridgehead atoms. The SMILES string of the molecule is Cc1cc(Cl)cc2sc(=NC(=O)c3ccc(S(=O)(=O)N4CCC(C)CC4)cc3)n(C)c12. The Hall–Kier alpha value is -2.00. The highest BCUT2D eigenvalue weighted by atomic mass is 35.5. The summed E-state index contributed by atoms with van der Waals surface area (Å²) in [4.78, 5) is 17.8. The largest absolute Gasteiger partial charge is 0.319 e. The molecular formula is C22H24ClN3O3S2. The number of piperidine rings is 1. The van der Waals surface area contributed by atoms with Crippen molar-refractivity contribution >= 4 is 49.1 Å². The third kappa shape index (κ3) is 4.35. The van der Waals surface area contributed by atoms with Gasteiger partial charge < -0.3 is 4.57 Å². The molecule has 0 aliphatic carbocycles. The first-order chi connectivity index (χ1) is 14.7. The molecule has 164 valence electrons. The van der Waals surface area contributed by atoms with Gasteiger partial charge in [0.05, 0.1) is 15.1 Å². The minimum atomic E-state index is -3.54. The van der Waals surface area contributed by atoms with Gasteiger partial charge in [0, 0.05) is 30.7 Å². The molecule has 0 unspecified atom stereocenters. The third-order valence-corrected chi connectivity index (χ3v) is 8.94. The van der Waals surface area contributed by atoms with Crippen molar-refractivity contribution in [3.05, 3.63) is 57.3 Å². The monoisotopic (exact) mass is 477 g/mol. The van der Waals surface area contributed by atoms with E-state index in [0.29, 0.717) is 34.4 Å². The van der Waals surface area contributed by atoms with Gasteiger partial charge in [-0.05, 0) is 67.6 Å². The van der Waals surface area contributed by atoms with E-state index in [0.717, 1.165) is 28.6 Å². The average Bonchev–Trinajstić information content (AvgIpc) is 3.03. The topological polar surface area (TPSA) is 71.7 Å². The van der Waals surface area contributed by atoms with E-state index in [1.54, 1.807) is 0 Å². The molecule has 0 N–H and O–H groups in total. The molecule has 0 atom stereocenters. The smallest absolute Gasteiger partial charge is 0.279 e. The van der Waals surface area contributed by atoms with Crippen molar-refractivity contribution < 1.29 is 13.2 Å². The lowest BCUT2D eigenvalue weighted by molar-refractivity contribution is 0.0998. The number of nitrogens with zero attached hydrogens (tertiary/aromatic N) is 3. The summed E-state index contributed by atoms with van der Waals surface area (Å²) in [5, 5.41) is 0.643. The molecule has 0 radical (unpaired) electrons. The fourth-order valence-electron chi connectivity index (χ4n) is 3.87. The lowest BCUT2D eigenvalue weighted by Crippen LogP contribution is -2.37. The van der Waals surface area contributed by atoms with Crippen LogP contribution in [-0.4, -0.2) is 36.3 Å². The maximum absolute atomic E-state index is 12.9. The summed E-state index contributed by atoms with van der Waals surface area (Å²) < 4.78 is 30.1. The number of aryl methyl sites for hydroxylation is 2. The number of hydrogen-bond acceptors (Lipinski definition) is 4. The van der Waals surface area contributed by atoms with Crippen LogP contribution >= 0.6 is 22.9 Å². The van der Waals surface area contributed by atoms with Gasteiger partial charge in [0.25, 0.3) is 5.91 Å². The Morgan fingerprint density at radius 1 is 1.16 bits per heavy atom. The fraction of sp³-hybridized carbons (Fsp3) is 0.364. The van der Waals surface area contributed by atoms with Crippen LogP contribution in [0.15, 0.2) is 46.3 Å². The summed E-state index contributed by atoms with van der Waals surface area (Å²) in [5.41, 5.74) is 2.34. The Balaban J connectivity index is 1.61. The molecule has 3 aromatic rings. The van der Waals surface area contributed by atoms with Crippen molar-refractivity contribution in [1.82, 2.24) is 8.87 Å². The van der Waals surface area contributed by atoms with Gasteiger partial charge in [0.2, 0.25) is 10.0 Å². The van der Waals surface area contributed by atoms with E-state index < -0.39 is 15.9 Å². The van der Waals surface area contributed by atoms with Crippen LogP contribution in [-0.2, 0) is 17.1 Å².